The highest BCUT2D eigenvalue weighted by molar-refractivity contribution is 6.04. The SMILES string of the molecule is Cc1cccnc1C(=O)Nc1cc([N+](=O)[O-])ccc1O. The Bertz CT molecular complexity index is 685. The second-order valence-corrected chi connectivity index (χ2v) is 4.08. The molecule has 0 unspecified atom stereocenters. The van der Waals surface area contributed by atoms with E-state index in [0.29, 0.717) is 5.56 Å². The number of benzene rings is 1. The van der Waals surface area contributed by atoms with Crippen molar-refractivity contribution >= 4 is 17.3 Å². The number of carbonyl (C=O) groups is 1. The Morgan fingerprint density at radius 1 is 1.40 bits per heavy atom. The maximum Gasteiger partial charge on any atom is 0.274 e. The quantitative estimate of drug-likeness (QED) is 0.507. The van der Waals surface area contributed by atoms with E-state index in [1.807, 2.05) is 0 Å². The van der Waals surface area contributed by atoms with Crippen molar-refractivity contribution in [2.75, 3.05) is 5.32 Å². The second-order valence-electron chi connectivity index (χ2n) is 4.08. The molecule has 1 amide bonds. The number of phenolic OH excluding ortho intramolecular Hbond substituents is 1. The third-order valence-electron chi connectivity index (χ3n) is 2.66. The van der Waals surface area contributed by atoms with Gasteiger partial charge in [0.05, 0.1) is 10.6 Å². The van der Waals surface area contributed by atoms with Gasteiger partial charge in [0, 0.05) is 18.3 Å². The van der Waals surface area contributed by atoms with Crippen LogP contribution < -0.4 is 5.32 Å². The molecule has 1 aromatic carbocycles. The summed E-state index contributed by atoms with van der Waals surface area (Å²) in [6, 6.07) is 6.80. The Morgan fingerprint density at radius 2 is 2.15 bits per heavy atom. The van der Waals surface area contributed by atoms with E-state index in [9.17, 15) is 20.0 Å². The number of anilines is 1. The van der Waals surface area contributed by atoms with Gasteiger partial charge in [-0.25, -0.2) is 0 Å². The fourth-order valence-corrected chi connectivity index (χ4v) is 1.64. The van der Waals surface area contributed by atoms with Crippen LogP contribution in [0.1, 0.15) is 16.1 Å². The van der Waals surface area contributed by atoms with Gasteiger partial charge in [-0.05, 0) is 24.6 Å². The third-order valence-corrected chi connectivity index (χ3v) is 2.66. The summed E-state index contributed by atoms with van der Waals surface area (Å²) in [4.78, 5) is 26.0. The van der Waals surface area contributed by atoms with Gasteiger partial charge in [0.25, 0.3) is 11.6 Å². The van der Waals surface area contributed by atoms with Gasteiger partial charge >= 0.3 is 0 Å². The fourth-order valence-electron chi connectivity index (χ4n) is 1.64. The number of amides is 1. The molecule has 1 heterocycles. The molecule has 0 aliphatic rings. The Hall–Kier alpha value is -2.96. The standard InChI is InChI=1S/C13H11N3O4/c1-8-3-2-6-14-12(8)13(18)15-10-7-9(16(19)20)4-5-11(10)17/h2-7,17H,1H3,(H,15,18). The molecule has 1 aromatic heterocycles. The lowest BCUT2D eigenvalue weighted by molar-refractivity contribution is -0.384. The maximum atomic E-state index is 12.0. The summed E-state index contributed by atoms with van der Waals surface area (Å²) in [6.07, 6.45) is 1.47. The molecule has 2 N–H and O–H groups in total. The van der Waals surface area contributed by atoms with Crippen molar-refractivity contribution in [3.05, 3.63) is 57.9 Å². The normalized spacial score (nSPS) is 10.1. The molecule has 0 atom stereocenters. The zero-order valence-electron chi connectivity index (χ0n) is 10.5. The van der Waals surface area contributed by atoms with Crippen molar-refractivity contribution in [3.63, 3.8) is 0 Å². The number of aromatic hydroxyl groups is 1. The summed E-state index contributed by atoms with van der Waals surface area (Å²) < 4.78 is 0. The van der Waals surface area contributed by atoms with E-state index in [0.717, 1.165) is 18.2 Å². The monoisotopic (exact) mass is 273 g/mol. The molecule has 0 spiro atoms. The minimum atomic E-state index is -0.610. The highest BCUT2D eigenvalue weighted by Crippen LogP contribution is 2.28. The Labute approximate surface area is 114 Å². The molecular formula is C13H11N3O4. The van der Waals surface area contributed by atoms with Crippen LogP contribution in [0.4, 0.5) is 11.4 Å². The van der Waals surface area contributed by atoms with Crippen LogP contribution >= 0.6 is 0 Å². The van der Waals surface area contributed by atoms with Crippen LogP contribution in [0.2, 0.25) is 0 Å². The molecule has 102 valence electrons. The number of aromatic nitrogens is 1. The van der Waals surface area contributed by atoms with Crippen molar-refractivity contribution in [3.8, 4) is 5.75 Å². The van der Waals surface area contributed by atoms with E-state index >= 15 is 0 Å². The highest BCUT2D eigenvalue weighted by Gasteiger charge is 2.15. The van der Waals surface area contributed by atoms with Crippen LogP contribution in [-0.2, 0) is 0 Å². The first-order chi connectivity index (χ1) is 9.49. The van der Waals surface area contributed by atoms with Crippen LogP contribution in [-0.4, -0.2) is 20.9 Å². The van der Waals surface area contributed by atoms with Crippen LogP contribution in [0.3, 0.4) is 0 Å². The molecule has 0 saturated heterocycles. The van der Waals surface area contributed by atoms with Gasteiger partial charge in [-0.1, -0.05) is 6.07 Å². The van der Waals surface area contributed by atoms with Gasteiger partial charge in [-0.2, -0.15) is 0 Å². The summed E-state index contributed by atoms with van der Waals surface area (Å²) in [5, 5.41) is 22.7. The average Bonchev–Trinajstić information content (AvgIpc) is 2.41. The molecule has 0 aliphatic carbocycles. The van der Waals surface area contributed by atoms with Crippen molar-refractivity contribution in [1.82, 2.24) is 4.98 Å². The summed E-state index contributed by atoms with van der Waals surface area (Å²) in [6.45, 7) is 1.72. The number of nitrogens with one attached hydrogen (secondary N) is 1. The zero-order valence-corrected chi connectivity index (χ0v) is 10.5. The van der Waals surface area contributed by atoms with Gasteiger partial charge in [0.15, 0.2) is 0 Å². The van der Waals surface area contributed by atoms with Crippen LogP contribution in [0.25, 0.3) is 0 Å². The number of carbonyl (C=O) groups excluding carboxylic acids is 1. The van der Waals surface area contributed by atoms with Crippen LogP contribution in [0.5, 0.6) is 5.75 Å². The van der Waals surface area contributed by atoms with Gasteiger partial charge in [-0.3, -0.25) is 19.9 Å². The van der Waals surface area contributed by atoms with E-state index < -0.39 is 10.8 Å². The molecule has 0 radical (unpaired) electrons. The lowest BCUT2D eigenvalue weighted by Crippen LogP contribution is -2.15. The molecule has 2 aromatic rings. The number of non-ortho nitro benzene ring substituents is 1. The van der Waals surface area contributed by atoms with E-state index in [1.54, 1.807) is 19.1 Å². The number of rotatable bonds is 3. The van der Waals surface area contributed by atoms with Crippen LogP contribution in [0.15, 0.2) is 36.5 Å². The number of hydrogen-bond donors (Lipinski definition) is 2. The number of nitro groups is 1. The first-order valence-corrected chi connectivity index (χ1v) is 5.69. The summed E-state index contributed by atoms with van der Waals surface area (Å²) in [5.41, 5.74) is 0.596. The van der Waals surface area contributed by atoms with Crippen molar-refractivity contribution in [2.24, 2.45) is 0 Å². The first-order valence-electron chi connectivity index (χ1n) is 5.69. The minimum absolute atomic E-state index is 0.0331. The molecule has 7 nitrogen and oxygen atoms in total. The van der Waals surface area contributed by atoms with Crippen LogP contribution in [0, 0.1) is 17.0 Å². The molecule has 20 heavy (non-hydrogen) atoms. The molecule has 2 rings (SSSR count). The molecular weight excluding hydrogens is 262 g/mol. The van der Waals surface area contributed by atoms with E-state index in [1.165, 1.54) is 6.20 Å². The molecule has 7 heteroatoms. The lowest BCUT2D eigenvalue weighted by Gasteiger charge is -2.08. The average molecular weight is 273 g/mol. The van der Waals surface area contributed by atoms with Gasteiger partial charge in [0.1, 0.15) is 11.4 Å². The third kappa shape index (κ3) is 2.72. The van der Waals surface area contributed by atoms with Crippen molar-refractivity contribution in [1.29, 1.82) is 0 Å². The van der Waals surface area contributed by atoms with Gasteiger partial charge in [-0.15, -0.1) is 0 Å². The van der Waals surface area contributed by atoms with Gasteiger partial charge < -0.3 is 10.4 Å². The predicted molar refractivity (Wildman–Crippen MR) is 71.7 cm³/mol. The lowest BCUT2D eigenvalue weighted by atomic mass is 10.2. The summed E-state index contributed by atoms with van der Waals surface area (Å²) in [5.74, 6) is -0.795. The summed E-state index contributed by atoms with van der Waals surface area (Å²) in [7, 11) is 0. The molecule has 0 aliphatic heterocycles. The number of hydrogen-bond acceptors (Lipinski definition) is 5. The Morgan fingerprint density at radius 3 is 2.80 bits per heavy atom. The van der Waals surface area contributed by atoms with Crippen molar-refractivity contribution < 1.29 is 14.8 Å². The molecule has 0 fully saturated rings. The number of nitrogens with zero attached hydrogens (tertiary/aromatic N) is 2. The first kappa shape index (κ1) is 13.5. The molecule has 0 saturated carbocycles. The van der Waals surface area contributed by atoms with E-state index in [4.69, 9.17) is 0 Å². The maximum absolute atomic E-state index is 12.0. The highest BCUT2D eigenvalue weighted by atomic mass is 16.6. The van der Waals surface area contributed by atoms with E-state index in [-0.39, 0.29) is 22.8 Å². The largest absolute Gasteiger partial charge is 0.506 e. The number of nitro benzene ring substituents is 1. The zero-order chi connectivity index (χ0) is 14.7. The van der Waals surface area contributed by atoms with Gasteiger partial charge in [0.2, 0.25) is 0 Å². The Balaban J connectivity index is 2.30. The Kier molecular flexibility index (Phi) is 3.60. The number of aryl methyl sites for hydroxylation is 1. The predicted octanol–water partition coefficient (Wildman–Crippen LogP) is 2.26. The smallest absolute Gasteiger partial charge is 0.274 e. The number of phenols is 1. The molecule has 0 bridgehead atoms. The second kappa shape index (κ2) is 5.35. The summed E-state index contributed by atoms with van der Waals surface area (Å²) >= 11 is 0. The fraction of sp³-hybridized carbons (Fsp3) is 0.0769. The van der Waals surface area contributed by atoms with Crippen molar-refractivity contribution in [2.45, 2.75) is 6.92 Å². The minimum Gasteiger partial charge on any atom is -0.506 e. The van der Waals surface area contributed by atoms with E-state index in [2.05, 4.69) is 10.3 Å². The topological polar surface area (TPSA) is 105 Å². The number of pyridine rings is 1.